The Hall–Kier alpha value is -2.41. The van der Waals surface area contributed by atoms with Gasteiger partial charge in [-0.25, -0.2) is 0 Å². The number of nitrogens with zero attached hydrogens (tertiary/aromatic N) is 2. The average Bonchev–Trinajstić information content (AvgIpc) is 3.19. The van der Waals surface area contributed by atoms with Crippen LogP contribution in [0.25, 0.3) is 10.9 Å². The van der Waals surface area contributed by atoms with Gasteiger partial charge >= 0.3 is 0 Å². The first-order valence-corrected chi connectivity index (χ1v) is 10.8. The maximum atomic E-state index is 12.8. The van der Waals surface area contributed by atoms with Gasteiger partial charge in [0.25, 0.3) is 12.4 Å². The van der Waals surface area contributed by atoms with Crippen LogP contribution in [-0.2, 0) is 4.79 Å². The Labute approximate surface area is 170 Å². The van der Waals surface area contributed by atoms with E-state index < -0.39 is 0 Å². The van der Waals surface area contributed by atoms with Crippen LogP contribution >= 0.6 is 0 Å². The lowest BCUT2D eigenvalue weighted by atomic mass is 9.83. The van der Waals surface area contributed by atoms with Gasteiger partial charge in [0.05, 0.1) is 5.52 Å². The number of carbonyl (C=O) groups is 2. The lowest BCUT2D eigenvalue weighted by Crippen LogP contribution is -2.57. The fourth-order valence-electron chi connectivity index (χ4n) is 5.27. The highest BCUT2D eigenvalue weighted by Gasteiger charge is 2.35. The molecule has 4 fully saturated rings. The number of hydrogen-bond donors (Lipinski definition) is 3. The van der Waals surface area contributed by atoms with E-state index in [1.165, 1.54) is 63.6 Å². The summed E-state index contributed by atoms with van der Waals surface area (Å²) in [5.41, 5.74) is 2.93. The number of hydrogen-bond acceptors (Lipinski definition) is 4. The molecule has 2 bridgehead atoms. The van der Waals surface area contributed by atoms with Crippen LogP contribution in [0.15, 0.2) is 18.2 Å². The molecule has 1 aromatic carbocycles. The SMILES string of the molecule is O=C(N[C@@H]1CN2CCC1CC2)c1n[nH]c2cc(C3CCCCC3)ccc12.O=CO. The van der Waals surface area contributed by atoms with Gasteiger partial charge in [-0.15, -0.1) is 0 Å². The number of carbonyl (C=O) groups excluding carboxylic acids is 1. The highest BCUT2D eigenvalue weighted by molar-refractivity contribution is 6.04. The van der Waals surface area contributed by atoms with Gasteiger partial charge in [-0.3, -0.25) is 14.7 Å². The highest BCUT2D eigenvalue weighted by Crippen LogP contribution is 2.34. The number of benzene rings is 1. The topological polar surface area (TPSA) is 98.3 Å². The van der Waals surface area contributed by atoms with E-state index >= 15 is 0 Å². The Morgan fingerprint density at radius 3 is 2.55 bits per heavy atom. The number of amides is 1. The Kier molecular flexibility index (Phi) is 6.13. The third-order valence-corrected chi connectivity index (χ3v) is 6.85. The normalized spacial score (nSPS) is 26.6. The molecular weight excluding hydrogens is 368 g/mol. The molecular formula is C22H30N4O3. The number of H-pyrrole nitrogens is 1. The van der Waals surface area contributed by atoms with Crippen LogP contribution in [0.5, 0.6) is 0 Å². The van der Waals surface area contributed by atoms with Gasteiger partial charge in [0.2, 0.25) is 0 Å². The van der Waals surface area contributed by atoms with E-state index in [1.807, 2.05) is 0 Å². The lowest BCUT2D eigenvalue weighted by molar-refractivity contribution is -0.122. The van der Waals surface area contributed by atoms with Gasteiger partial charge in [-0.2, -0.15) is 5.10 Å². The molecule has 7 nitrogen and oxygen atoms in total. The van der Waals surface area contributed by atoms with Gasteiger partial charge in [0, 0.05) is 18.0 Å². The van der Waals surface area contributed by atoms with Crippen LogP contribution in [0.1, 0.15) is 66.9 Å². The van der Waals surface area contributed by atoms with Crippen molar-refractivity contribution >= 4 is 23.3 Å². The summed E-state index contributed by atoms with van der Waals surface area (Å²) in [5.74, 6) is 1.27. The molecule has 7 heteroatoms. The summed E-state index contributed by atoms with van der Waals surface area (Å²) in [4.78, 5) is 23.7. The third kappa shape index (κ3) is 4.29. The van der Waals surface area contributed by atoms with Gasteiger partial charge in [-0.05, 0) is 62.2 Å². The summed E-state index contributed by atoms with van der Waals surface area (Å²) in [5, 5.41) is 18.6. The van der Waals surface area contributed by atoms with Crippen LogP contribution in [-0.4, -0.2) is 58.3 Å². The number of piperidine rings is 3. The van der Waals surface area contributed by atoms with E-state index in [-0.39, 0.29) is 18.4 Å². The van der Waals surface area contributed by atoms with Crippen molar-refractivity contribution in [2.75, 3.05) is 19.6 Å². The van der Waals surface area contributed by atoms with Crippen molar-refractivity contribution in [3.05, 3.63) is 29.5 Å². The molecule has 0 radical (unpaired) electrons. The molecule has 3 saturated heterocycles. The van der Waals surface area contributed by atoms with E-state index in [0.29, 0.717) is 17.5 Å². The predicted octanol–water partition coefficient (Wildman–Crippen LogP) is 3.14. The van der Waals surface area contributed by atoms with Crippen molar-refractivity contribution in [3.8, 4) is 0 Å². The Balaban J connectivity index is 0.000000645. The van der Waals surface area contributed by atoms with Crippen LogP contribution in [0, 0.1) is 5.92 Å². The second-order valence-corrected chi connectivity index (χ2v) is 8.54. The third-order valence-electron chi connectivity index (χ3n) is 6.85. The first-order chi connectivity index (χ1) is 14.2. The fraction of sp³-hybridized carbons (Fsp3) is 0.591. The standard InChI is InChI=1S/C21H28N4O.CH2O2/c26-21(22-19-13-25-10-8-15(19)9-11-25)20-17-7-6-16(12-18(17)23-24-20)14-4-2-1-3-5-14;2-1-3/h6-7,12,14-15,19H,1-5,8-11,13H2,(H,22,26)(H,23,24);1H,(H,2,3)/t19-;/m1./s1. The zero-order chi connectivity index (χ0) is 20.2. The summed E-state index contributed by atoms with van der Waals surface area (Å²) >= 11 is 0. The largest absolute Gasteiger partial charge is 0.483 e. The lowest BCUT2D eigenvalue weighted by Gasteiger charge is -2.44. The van der Waals surface area contributed by atoms with Crippen molar-refractivity contribution < 1.29 is 14.7 Å². The first-order valence-electron chi connectivity index (χ1n) is 10.8. The van der Waals surface area contributed by atoms with Crippen LogP contribution < -0.4 is 5.32 Å². The molecule has 6 rings (SSSR count). The average molecular weight is 399 g/mol. The zero-order valence-electron chi connectivity index (χ0n) is 16.8. The van der Waals surface area contributed by atoms with Gasteiger partial charge in [-0.1, -0.05) is 31.4 Å². The van der Waals surface area contributed by atoms with E-state index in [2.05, 4.69) is 38.6 Å². The van der Waals surface area contributed by atoms with Crippen molar-refractivity contribution in [3.63, 3.8) is 0 Å². The van der Waals surface area contributed by atoms with E-state index in [9.17, 15) is 4.79 Å². The van der Waals surface area contributed by atoms with Crippen molar-refractivity contribution in [2.24, 2.45) is 5.92 Å². The Morgan fingerprint density at radius 1 is 1.17 bits per heavy atom. The maximum absolute atomic E-state index is 12.8. The van der Waals surface area contributed by atoms with E-state index in [0.717, 1.165) is 17.4 Å². The predicted molar refractivity (Wildman–Crippen MR) is 111 cm³/mol. The molecule has 1 saturated carbocycles. The molecule has 0 unspecified atom stereocenters. The second kappa shape index (κ2) is 8.95. The van der Waals surface area contributed by atoms with Gasteiger partial charge in [0.1, 0.15) is 0 Å². The molecule has 1 aromatic heterocycles. The minimum atomic E-state index is -0.250. The van der Waals surface area contributed by atoms with Crippen LogP contribution in [0.3, 0.4) is 0 Å². The smallest absolute Gasteiger partial charge is 0.290 e. The number of aromatic amines is 1. The van der Waals surface area contributed by atoms with Crippen LogP contribution in [0.2, 0.25) is 0 Å². The molecule has 156 valence electrons. The van der Waals surface area contributed by atoms with Crippen molar-refractivity contribution in [1.82, 2.24) is 20.4 Å². The first kappa shape index (κ1) is 19.9. The number of aromatic nitrogens is 2. The summed E-state index contributed by atoms with van der Waals surface area (Å²) in [6, 6.07) is 6.79. The number of carboxylic acid groups (broad SMARTS) is 1. The molecule has 3 N–H and O–H groups in total. The summed E-state index contributed by atoms with van der Waals surface area (Å²) in [6.07, 6.45) is 9.01. The molecule has 29 heavy (non-hydrogen) atoms. The second-order valence-electron chi connectivity index (χ2n) is 8.54. The molecule has 1 amide bonds. The monoisotopic (exact) mass is 398 g/mol. The van der Waals surface area contributed by atoms with Crippen molar-refractivity contribution in [1.29, 1.82) is 0 Å². The number of rotatable bonds is 3. The highest BCUT2D eigenvalue weighted by atomic mass is 16.3. The quantitative estimate of drug-likeness (QED) is 0.690. The molecule has 1 atom stereocenters. The van der Waals surface area contributed by atoms with Gasteiger partial charge in [0.15, 0.2) is 5.69 Å². The van der Waals surface area contributed by atoms with E-state index in [4.69, 9.17) is 9.90 Å². The van der Waals surface area contributed by atoms with Crippen LogP contribution in [0.4, 0.5) is 0 Å². The molecule has 2 aromatic rings. The van der Waals surface area contributed by atoms with E-state index in [1.54, 1.807) is 0 Å². The molecule has 4 aliphatic rings. The number of fused-ring (bicyclic) bond motifs is 4. The zero-order valence-corrected chi connectivity index (χ0v) is 16.8. The summed E-state index contributed by atoms with van der Waals surface area (Å²) in [6.45, 7) is 3.11. The Morgan fingerprint density at radius 2 is 1.90 bits per heavy atom. The molecule has 3 aliphatic heterocycles. The fourth-order valence-corrected chi connectivity index (χ4v) is 5.27. The molecule has 1 aliphatic carbocycles. The van der Waals surface area contributed by atoms with Crippen molar-refractivity contribution in [2.45, 2.75) is 56.9 Å². The summed E-state index contributed by atoms with van der Waals surface area (Å²) in [7, 11) is 0. The van der Waals surface area contributed by atoms with Gasteiger partial charge < -0.3 is 15.3 Å². The number of nitrogens with one attached hydrogen (secondary N) is 2. The minimum Gasteiger partial charge on any atom is -0.483 e. The maximum Gasteiger partial charge on any atom is 0.290 e. The molecule has 0 spiro atoms. The molecule has 4 heterocycles. The Bertz CT molecular complexity index is 851. The summed E-state index contributed by atoms with van der Waals surface area (Å²) < 4.78 is 0. The minimum absolute atomic E-state index is 0.0274.